The van der Waals surface area contributed by atoms with E-state index in [4.69, 9.17) is 4.74 Å². The lowest BCUT2D eigenvalue weighted by atomic mass is 10.0. The SMILES string of the molecule is COc1ccc([C@H]2NC(=O)c3sc4nc(C(F)(F)F)cc(-c5cccs5)c4c3N2)cc1. The number of nitrogens with one attached hydrogen (secondary N) is 2. The van der Waals surface area contributed by atoms with Gasteiger partial charge in [-0.15, -0.1) is 22.7 Å². The highest BCUT2D eigenvalue weighted by atomic mass is 32.1. The minimum Gasteiger partial charge on any atom is -0.497 e. The van der Waals surface area contributed by atoms with Crippen molar-refractivity contribution in [2.45, 2.75) is 12.3 Å². The lowest BCUT2D eigenvalue weighted by Gasteiger charge is -2.26. The fourth-order valence-electron chi connectivity index (χ4n) is 3.51. The summed E-state index contributed by atoms with van der Waals surface area (Å²) in [5, 5.41) is 8.46. The number of carbonyl (C=O) groups excluding carboxylic acids is 1. The van der Waals surface area contributed by atoms with E-state index in [0.29, 0.717) is 32.1 Å². The molecule has 0 fully saturated rings. The van der Waals surface area contributed by atoms with E-state index in [2.05, 4.69) is 15.6 Å². The minimum absolute atomic E-state index is 0.168. The minimum atomic E-state index is -4.59. The molecular weight excluding hydrogens is 447 g/mol. The number of halogens is 3. The number of thiophene rings is 2. The molecule has 0 radical (unpaired) electrons. The molecular formula is C21H14F3N3O2S2. The van der Waals surface area contributed by atoms with Gasteiger partial charge in [0, 0.05) is 15.8 Å². The van der Waals surface area contributed by atoms with Gasteiger partial charge in [-0.3, -0.25) is 4.79 Å². The van der Waals surface area contributed by atoms with Gasteiger partial charge in [-0.1, -0.05) is 18.2 Å². The number of amides is 1. The molecule has 0 saturated carbocycles. The third kappa shape index (κ3) is 3.41. The smallest absolute Gasteiger partial charge is 0.433 e. The number of rotatable bonds is 3. The molecule has 31 heavy (non-hydrogen) atoms. The van der Waals surface area contributed by atoms with Crippen molar-refractivity contribution in [3.63, 3.8) is 0 Å². The summed E-state index contributed by atoms with van der Waals surface area (Å²) in [6.07, 6.45) is -5.13. The topological polar surface area (TPSA) is 63.2 Å². The molecule has 5 rings (SSSR count). The Morgan fingerprint density at radius 3 is 2.55 bits per heavy atom. The van der Waals surface area contributed by atoms with Crippen molar-refractivity contribution in [1.82, 2.24) is 10.3 Å². The van der Waals surface area contributed by atoms with E-state index in [1.165, 1.54) is 11.3 Å². The van der Waals surface area contributed by atoms with Gasteiger partial charge in [-0.05, 0) is 35.2 Å². The Kier molecular flexibility index (Phi) is 4.63. The molecule has 2 N–H and O–H groups in total. The van der Waals surface area contributed by atoms with E-state index in [9.17, 15) is 18.0 Å². The molecule has 0 saturated heterocycles. The standard InChI is InChI=1S/C21H14F3N3O2S2/c1-29-11-6-4-10(5-7-11)18-26-16-15-12(13-3-2-8-30-13)9-14(21(22,23)24)25-20(15)31-17(16)19(28)27-18/h2-9,18,26H,1H3,(H,27,28)/t18-/m1/s1. The van der Waals surface area contributed by atoms with Gasteiger partial charge in [0.2, 0.25) is 0 Å². The highest BCUT2D eigenvalue weighted by molar-refractivity contribution is 7.21. The van der Waals surface area contributed by atoms with Crippen molar-refractivity contribution < 1.29 is 22.7 Å². The number of fused-ring (bicyclic) bond motifs is 3. The van der Waals surface area contributed by atoms with Gasteiger partial charge in [0.25, 0.3) is 5.91 Å². The zero-order valence-corrected chi connectivity index (χ0v) is 17.5. The summed E-state index contributed by atoms with van der Waals surface area (Å²) < 4.78 is 45.6. The van der Waals surface area contributed by atoms with E-state index in [1.807, 2.05) is 12.1 Å². The number of aromatic nitrogens is 1. The van der Waals surface area contributed by atoms with Crippen LogP contribution in [0.2, 0.25) is 0 Å². The van der Waals surface area contributed by atoms with Gasteiger partial charge in [0.05, 0.1) is 12.8 Å². The second kappa shape index (κ2) is 7.24. The van der Waals surface area contributed by atoms with Crippen LogP contribution < -0.4 is 15.4 Å². The fraction of sp³-hybridized carbons (Fsp3) is 0.143. The molecule has 0 bridgehead atoms. The van der Waals surface area contributed by atoms with Crippen LogP contribution in [0.3, 0.4) is 0 Å². The van der Waals surface area contributed by atoms with Crippen LogP contribution in [0, 0.1) is 0 Å². The molecule has 0 aliphatic carbocycles. The van der Waals surface area contributed by atoms with Gasteiger partial charge < -0.3 is 15.4 Å². The lowest BCUT2D eigenvalue weighted by molar-refractivity contribution is -0.140. The molecule has 1 amide bonds. The van der Waals surface area contributed by atoms with Crippen LogP contribution in [0.15, 0.2) is 47.8 Å². The number of pyridine rings is 1. The zero-order chi connectivity index (χ0) is 21.8. The van der Waals surface area contributed by atoms with E-state index in [0.717, 1.165) is 23.0 Å². The van der Waals surface area contributed by atoms with Crippen molar-refractivity contribution in [3.8, 4) is 16.2 Å². The second-order valence-electron chi connectivity index (χ2n) is 6.84. The fourth-order valence-corrected chi connectivity index (χ4v) is 5.32. The number of benzene rings is 1. The molecule has 3 aromatic heterocycles. The molecule has 1 aliphatic rings. The quantitative estimate of drug-likeness (QED) is 0.398. The number of anilines is 1. The number of nitrogens with zero attached hydrogens (tertiary/aromatic N) is 1. The first kappa shape index (κ1) is 19.8. The number of carbonyl (C=O) groups is 1. The molecule has 0 unspecified atom stereocenters. The van der Waals surface area contributed by atoms with Crippen molar-refractivity contribution >= 4 is 44.5 Å². The van der Waals surface area contributed by atoms with Crippen LogP contribution in [-0.2, 0) is 6.18 Å². The predicted molar refractivity (Wildman–Crippen MR) is 115 cm³/mol. The normalized spacial score (nSPS) is 16.0. The molecule has 1 aliphatic heterocycles. The summed E-state index contributed by atoms with van der Waals surface area (Å²) in [6, 6.07) is 11.8. The Bertz CT molecular complexity index is 1280. The van der Waals surface area contributed by atoms with Gasteiger partial charge in [-0.25, -0.2) is 4.98 Å². The lowest BCUT2D eigenvalue weighted by Crippen LogP contribution is -2.37. The largest absolute Gasteiger partial charge is 0.497 e. The third-order valence-corrected chi connectivity index (χ3v) is 6.94. The average molecular weight is 461 g/mol. The van der Waals surface area contributed by atoms with E-state index >= 15 is 0 Å². The van der Waals surface area contributed by atoms with Crippen LogP contribution in [0.5, 0.6) is 5.75 Å². The van der Waals surface area contributed by atoms with Crippen molar-refractivity contribution in [2.24, 2.45) is 0 Å². The summed E-state index contributed by atoms with van der Waals surface area (Å²) in [6.45, 7) is 0. The van der Waals surface area contributed by atoms with Crippen molar-refractivity contribution in [1.29, 1.82) is 0 Å². The predicted octanol–water partition coefficient (Wildman–Crippen LogP) is 5.91. The van der Waals surface area contributed by atoms with Gasteiger partial charge >= 0.3 is 6.18 Å². The monoisotopic (exact) mass is 461 g/mol. The summed E-state index contributed by atoms with van der Waals surface area (Å²) in [5.74, 6) is 0.319. The van der Waals surface area contributed by atoms with E-state index in [-0.39, 0.29) is 10.7 Å². The van der Waals surface area contributed by atoms with Crippen LogP contribution in [-0.4, -0.2) is 18.0 Å². The highest BCUT2D eigenvalue weighted by Gasteiger charge is 2.36. The Labute approximate surface area is 182 Å². The number of hydrogen-bond acceptors (Lipinski definition) is 6. The molecule has 1 aromatic carbocycles. The maximum absolute atomic E-state index is 13.5. The van der Waals surface area contributed by atoms with Crippen LogP contribution in [0.1, 0.15) is 27.1 Å². The third-order valence-electron chi connectivity index (χ3n) is 4.96. The van der Waals surface area contributed by atoms with Crippen LogP contribution in [0.25, 0.3) is 20.7 Å². The number of hydrogen-bond donors (Lipinski definition) is 2. The first-order valence-electron chi connectivity index (χ1n) is 9.15. The Morgan fingerprint density at radius 2 is 1.90 bits per heavy atom. The van der Waals surface area contributed by atoms with Crippen LogP contribution in [0.4, 0.5) is 18.9 Å². The number of alkyl halides is 3. The summed E-state index contributed by atoms with van der Waals surface area (Å²) >= 11 is 2.29. The average Bonchev–Trinajstić information content (AvgIpc) is 3.41. The molecule has 4 aromatic rings. The van der Waals surface area contributed by atoms with Gasteiger partial charge in [-0.2, -0.15) is 13.2 Å². The van der Waals surface area contributed by atoms with Gasteiger partial charge in [0.1, 0.15) is 27.3 Å². The second-order valence-corrected chi connectivity index (χ2v) is 8.79. The maximum atomic E-state index is 13.5. The number of ether oxygens (including phenoxy) is 1. The summed E-state index contributed by atoms with van der Waals surface area (Å²) in [4.78, 5) is 17.8. The molecule has 4 heterocycles. The van der Waals surface area contributed by atoms with Crippen molar-refractivity contribution in [3.05, 3.63) is 64.0 Å². The van der Waals surface area contributed by atoms with E-state index < -0.39 is 18.0 Å². The summed E-state index contributed by atoms with van der Waals surface area (Å²) in [7, 11) is 1.56. The maximum Gasteiger partial charge on any atom is 0.433 e. The molecule has 158 valence electrons. The van der Waals surface area contributed by atoms with Crippen LogP contribution >= 0.6 is 22.7 Å². The molecule has 1 atom stereocenters. The Balaban J connectivity index is 1.68. The number of methoxy groups -OCH3 is 1. The molecule has 5 nitrogen and oxygen atoms in total. The van der Waals surface area contributed by atoms with Gasteiger partial charge in [0.15, 0.2) is 0 Å². The Morgan fingerprint density at radius 1 is 1.13 bits per heavy atom. The zero-order valence-electron chi connectivity index (χ0n) is 15.9. The molecule has 10 heteroatoms. The first-order valence-corrected chi connectivity index (χ1v) is 10.8. The van der Waals surface area contributed by atoms with E-state index in [1.54, 1.807) is 36.8 Å². The Hall–Kier alpha value is -3.11. The van der Waals surface area contributed by atoms with Crippen molar-refractivity contribution in [2.75, 3.05) is 12.4 Å². The highest BCUT2D eigenvalue weighted by Crippen LogP contribution is 2.46. The summed E-state index contributed by atoms with van der Waals surface area (Å²) in [5.41, 5.74) is 0.709. The molecule has 0 spiro atoms. The first-order chi connectivity index (χ1) is 14.8.